The van der Waals surface area contributed by atoms with Crippen LogP contribution in [0.1, 0.15) is 5.56 Å². The van der Waals surface area contributed by atoms with Crippen molar-refractivity contribution in [3.63, 3.8) is 0 Å². The Morgan fingerprint density at radius 3 is 2.64 bits per heavy atom. The van der Waals surface area contributed by atoms with Gasteiger partial charge < -0.3 is 4.81 Å². The van der Waals surface area contributed by atoms with Crippen molar-refractivity contribution in [1.82, 2.24) is 4.81 Å². The summed E-state index contributed by atoms with van der Waals surface area (Å²) in [6.45, 7) is 0.320. The fourth-order valence-electron chi connectivity index (χ4n) is 3.65. The first-order valence-corrected chi connectivity index (χ1v) is 7.67. The molecule has 0 unspecified atom stereocenters. The summed E-state index contributed by atoms with van der Waals surface area (Å²) in [5.74, 6) is 2.26. The number of benzene rings is 3. The Morgan fingerprint density at radius 1 is 0.727 bits per heavy atom. The maximum Gasteiger partial charge on any atom is 0.320 e. The van der Waals surface area contributed by atoms with E-state index in [0.717, 1.165) is 0 Å². The van der Waals surface area contributed by atoms with Gasteiger partial charge in [-0.25, -0.2) is 0 Å². The molecule has 0 bridgehead atoms. The zero-order valence-corrected chi connectivity index (χ0v) is 12.1. The number of fused-ring (bicyclic) bond motifs is 7. The highest BCUT2D eigenvalue weighted by atomic mass is 15.0. The molecule has 0 amide bonds. The molecule has 2 heteroatoms. The predicted octanol–water partition coefficient (Wildman–Crippen LogP) is 4.10. The fourth-order valence-corrected chi connectivity index (χ4v) is 3.65. The van der Waals surface area contributed by atoms with E-state index < -0.39 is 0 Å². The molecule has 5 rings (SSSR count). The fraction of sp³-hybridized carbons (Fsp3) is 0. The van der Waals surface area contributed by atoms with Crippen LogP contribution in [-0.2, 0) is 0 Å². The molecule has 2 heterocycles. The van der Waals surface area contributed by atoms with Gasteiger partial charge in [0.15, 0.2) is 0 Å². The third-order valence-electron chi connectivity index (χ3n) is 4.72. The highest BCUT2D eigenvalue weighted by Gasteiger charge is 2.26. The van der Waals surface area contributed by atoms with Crippen LogP contribution in [-0.4, -0.2) is 11.7 Å². The first kappa shape index (κ1) is 11.9. The molecule has 1 nitrogen and oxygen atoms in total. The molecule has 0 spiro atoms. The Kier molecular flexibility index (Phi) is 2.36. The van der Waals surface area contributed by atoms with Crippen molar-refractivity contribution in [1.29, 1.82) is 0 Å². The van der Waals surface area contributed by atoms with Gasteiger partial charge in [-0.05, 0) is 57.1 Å². The molecule has 0 aromatic heterocycles. The molecule has 0 aliphatic carbocycles. The molecule has 3 aromatic carbocycles. The van der Waals surface area contributed by atoms with E-state index >= 15 is 0 Å². The van der Waals surface area contributed by atoms with Crippen molar-refractivity contribution >= 4 is 39.9 Å². The quantitative estimate of drug-likeness (QED) is 0.442. The van der Waals surface area contributed by atoms with Crippen molar-refractivity contribution in [2.75, 3.05) is 0 Å². The zero-order valence-electron chi connectivity index (χ0n) is 12.1. The van der Waals surface area contributed by atoms with Crippen LogP contribution in [0.3, 0.4) is 0 Å². The Balaban J connectivity index is 1.85. The standard InChI is InChI=1S/C20H14BN/c1-2-6-16-15(5-1)7-8-18-17(16)9-10-20-19(18)11-14-22-13-4-3-12-21(20)22/h1-14H. The first-order valence-electron chi connectivity index (χ1n) is 7.67. The number of hydrogen-bond acceptors (Lipinski definition) is 1. The number of allylic oxidation sites excluding steroid dienone is 2. The summed E-state index contributed by atoms with van der Waals surface area (Å²) >= 11 is 0. The van der Waals surface area contributed by atoms with E-state index in [9.17, 15) is 0 Å². The Bertz CT molecular complexity index is 997. The number of nitrogens with zero attached hydrogens (tertiary/aromatic N) is 1. The summed E-state index contributed by atoms with van der Waals surface area (Å²) in [6.07, 6.45) is 10.8. The van der Waals surface area contributed by atoms with E-state index in [4.69, 9.17) is 0 Å². The van der Waals surface area contributed by atoms with Crippen LogP contribution in [0.5, 0.6) is 0 Å². The first-order chi connectivity index (χ1) is 10.9. The summed E-state index contributed by atoms with van der Waals surface area (Å²) < 4.78 is 0. The predicted molar refractivity (Wildman–Crippen MR) is 96.0 cm³/mol. The van der Waals surface area contributed by atoms with Crippen molar-refractivity contribution in [2.45, 2.75) is 0 Å². The zero-order chi connectivity index (χ0) is 14.5. The van der Waals surface area contributed by atoms with Crippen LogP contribution >= 0.6 is 0 Å². The molecule has 2 aliphatic rings. The largest absolute Gasteiger partial charge is 0.389 e. The Hall–Kier alpha value is -2.74. The van der Waals surface area contributed by atoms with Crippen LogP contribution in [0, 0.1) is 0 Å². The minimum atomic E-state index is 0.320. The molecule has 0 N–H and O–H groups in total. The molecule has 0 saturated heterocycles. The van der Waals surface area contributed by atoms with E-state index in [1.54, 1.807) is 0 Å². The average Bonchev–Trinajstić information content (AvgIpc) is 2.60. The Labute approximate surface area is 130 Å². The van der Waals surface area contributed by atoms with Crippen LogP contribution in [0.2, 0.25) is 0 Å². The average molecular weight is 279 g/mol. The van der Waals surface area contributed by atoms with Crippen molar-refractivity contribution in [3.05, 3.63) is 84.6 Å². The van der Waals surface area contributed by atoms with Crippen LogP contribution in [0.25, 0.3) is 27.6 Å². The molecular weight excluding hydrogens is 265 g/mol. The van der Waals surface area contributed by atoms with Crippen molar-refractivity contribution in [2.24, 2.45) is 0 Å². The van der Waals surface area contributed by atoms with Gasteiger partial charge in [0.25, 0.3) is 0 Å². The van der Waals surface area contributed by atoms with Gasteiger partial charge in [0, 0.05) is 0 Å². The summed E-state index contributed by atoms with van der Waals surface area (Å²) in [6, 6.07) is 17.7. The van der Waals surface area contributed by atoms with E-state index in [1.807, 2.05) is 0 Å². The topological polar surface area (TPSA) is 3.24 Å². The third kappa shape index (κ3) is 1.55. The molecule has 0 radical (unpaired) electrons. The molecular formula is C20H14BN. The maximum absolute atomic E-state index is 2.29. The molecule has 22 heavy (non-hydrogen) atoms. The highest BCUT2D eigenvalue weighted by molar-refractivity contribution is 6.77. The minimum Gasteiger partial charge on any atom is -0.389 e. The Morgan fingerprint density at radius 2 is 1.64 bits per heavy atom. The van der Waals surface area contributed by atoms with Gasteiger partial charge in [0.2, 0.25) is 0 Å². The summed E-state index contributed by atoms with van der Waals surface area (Å²) in [4.78, 5) is 2.26. The second kappa shape index (κ2) is 4.38. The van der Waals surface area contributed by atoms with Crippen molar-refractivity contribution in [3.8, 4) is 0 Å². The maximum atomic E-state index is 2.29. The molecule has 3 aromatic rings. The summed E-state index contributed by atoms with van der Waals surface area (Å²) in [5.41, 5.74) is 2.73. The van der Waals surface area contributed by atoms with E-state index in [-0.39, 0.29) is 0 Å². The molecule has 0 fully saturated rings. The smallest absolute Gasteiger partial charge is 0.320 e. The van der Waals surface area contributed by atoms with E-state index in [0.29, 0.717) is 6.85 Å². The second-order valence-electron chi connectivity index (χ2n) is 5.88. The lowest BCUT2D eigenvalue weighted by Gasteiger charge is -2.30. The number of hydrogen-bond donors (Lipinski definition) is 0. The van der Waals surface area contributed by atoms with Crippen LogP contribution in [0.15, 0.2) is 79.1 Å². The molecule has 102 valence electrons. The van der Waals surface area contributed by atoms with Gasteiger partial charge in [0.1, 0.15) is 0 Å². The monoisotopic (exact) mass is 279 g/mol. The van der Waals surface area contributed by atoms with Crippen LogP contribution in [0.4, 0.5) is 0 Å². The molecule has 0 atom stereocenters. The van der Waals surface area contributed by atoms with Gasteiger partial charge >= 0.3 is 6.85 Å². The van der Waals surface area contributed by atoms with Gasteiger partial charge in [-0.1, -0.05) is 60.6 Å². The van der Waals surface area contributed by atoms with Crippen molar-refractivity contribution < 1.29 is 0 Å². The van der Waals surface area contributed by atoms with Gasteiger partial charge in [0.05, 0.1) is 0 Å². The number of rotatable bonds is 0. The van der Waals surface area contributed by atoms with Gasteiger partial charge in [-0.2, -0.15) is 0 Å². The highest BCUT2D eigenvalue weighted by Crippen LogP contribution is 2.29. The second-order valence-corrected chi connectivity index (χ2v) is 5.88. The third-order valence-corrected chi connectivity index (χ3v) is 4.72. The normalized spacial score (nSPS) is 15.5. The lowest BCUT2D eigenvalue weighted by molar-refractivity contribution is 0.797. The van der Waals surface area contributed by atoms with E-state index in [2.05, 4.69) is 89.9 Å². The SMILES string of the molecule is C1=CB2c3ccc4c(ccc5ccccc54)c3C=CN2C=C1. The minimum absolute atomic E-state index is 0.320. The summed E-state index contributed by atoms with van der Waals surface area (Å²) in [5, 5.41) is 5.31. The molecule has 0 saturated carbocycles. The molecule has 2 aliphatic heterocycles. The lowest BCUT2D eigenvalue weighted by atomic mass is 9.51. The van der Waals surface area contributed by atoms with Crippen LogP contribution < -0.4 is 5.46 Å². The van der Waals surface area contributed by atoms with Gasteiger partial charge in [-0.15, -0.1) is 0 Å². The van der Waals surface area contributed by atoms with Gasteiger partial charge in [-0.3, -0.25) is 0 Å². The lowest BCUT2D eigenvalue weighted by Crippen LogP contribution is -2.45. The summed E-state index contributed by atoms with van der Waals surface area (Å²) in [7, 11) is 0. The van der Waals surface area contributed by atoms with E-state index in [1.165, 1.54) is 32.6 Å².